The Kier molecular flexibility index (Phi) is 12.6. The van der Waals surface area contributed by atoms with E-state index in [-0.39, 0.29) is 17.9 Å². The number of aromatic nitrogens is 4. The number of aromatic amines is 1. The molecule has 1 saturated heterocycles. The summed E-state index contributed by atoms with van der Waals surface area (Å²) in [7, 11) is 3.48. The maximum Gasteiger partial charge on any atom is 0.151 e. The third-order valence-electron chi connectivity index (χ3n) is 8.82. The molecule has 0 radical (unpaired) electrons. The van der Waals surface area contributed by atoms with Gasteiger partial charge >= 0.3 is 0 Å². The molecule has 45 heavy (non-hydrogen) atoms. The Bertz CT molecular complexity index is 1280. The number of ether oxygens (including phenoxy) is 5. The Morgan fingerprint density at radius 2 is 1.87 bits per heavy atom. The first-order chi connectivity index (χ1) is 22.0. The van der Waals surface area contributed by atoms with Crippen LogP contribution in [0.3, 0.4) is 0 Å². The fourth-order valence-corrected chi connectivity index (χ4v) is 6.40. The van der Waals surface area contributed by atoms with Crippen LogP contribution in [0.5, 0.6) is 5.75 Å². The van der Waals surface area contributed by atoms with E-state index in [1.165, 1.54) is 11.1 Å². The summed E-state index contributed by atoms with van der Waals surface area (Å²) in [6.07, 6.45) is 2.92. The highest BCUT2D eigenvalue weighted by atomic mass is 16.5. The first-order valence-electron chi connectivity index (χ1n) is 16.3. The molecule has 1 aromatic heterocycles. The molecule has 2 aliphatic rings. The molecule has 246 valence electrons. The zero-order valence-corrected chi connectivity index (χ0v) is 27.2. The molecule has 3 aromatic rings. The third kappa shape index (κ3) is 9.46. The summed E-state index contributed by atoms with van der Waals surface area (Å²) in [6.45, 7) is 10.9. The Hall–Kier alpha value is -3.09. The van der Waals surface area contributed by atoms with Crippen molar-refractivity contribution in [2.24, 2.45) is 5.92 Å². The molecule has 3 heterocycles. The van der Waals surface area contributed by atoms with Crippen molar-refractivity contribution in [2.45, 2.75) is 70.3 Å². The fraction of sp³-hybridized carbons (Fsp3) is 0.618. The molecule has 2 N–H and O–H groups in total. The molecule has 0 bridgehead atoms. The van der Waals surface area contributed by atoms with Crippen molar-refractivity contribution in [1.29, 1.82) is 0 Å². The van der Waals surface area contributed by atoms with E-state index >= 15 is 0 Å². The lowest BCUT2D eigenvalue weighted by Crippen LogP contribution is -2.47. The Balaban J connectivity index is 1.25. The van der Waals surface area contributed by atoms with Crippen LogP contribution in [0.4, 0.5) is 5.69 Å². The number of piperidine rings is 1. The number of nitrogens with zero attached hydrogens (tertiary/aromatic N) is 4. The molecule has 11 nitrogen and oxygen atoms in total. The zero-order valence-electron chi connectivity index (χ0n) is 27.2. The molecule has 1 fully saturated rings. The van der Waals surface area contributed by atoms with Crippen LogP contribution in [0, 0.1) is 5.92 Å². The maximum absolute atomic E-state index is 6.71. The van der Waals surface area contributed by atoms with Crippen LogP contribution in [0.1, 0.15) is 67.5 Å². The number of anilines is 1. The van der Waals surface area contributed by atoms with Crippen LogP contribution in [0.15, 0.2) is 42.5 Å². The second kappa shape index (κ2) is 17.0. The number of hydrogen-bond donors (Lipinski definition) is 2. The molecule has 5 rings (SSSR count). The van der Waals surface area contributed by atoms with Crippen LogP contribution in [0.25, 0.3) is 0 Å². The number of nitrogens with one attached hydrogen (secondary N) is 2. The summed E-state index contributed by atoms with van der Waals surface area (Å²) < 4.78 is 29.1. The highest BCUT2D eigenvalue weighted by molar-refractivity contribution is 5.61. The predicted molar refractivity (Wildman–Crippen MR) is 173 cm³/mol. The molecular formula is C34H50N6O5. The zero-order chi connectivity index (χ0) is 31.4. The molecule has 2 aliphatic heterocycles. The second-order valence-corrected chi connectivity index (χ2v) is 12.5. The number of hydrogen-bond acceptors (Lipinski definition) is 10. The average Bonchev–Trinajstić information content (AvgIpc) is 3.61. The van der Waals surface area contributed by atoms with E-state index in [0.717, 1.165) is 68.3 Å². The molecular weight excluding hydrogens is 572 g/mol. The lowest BCUT2D eigenvalue weighted by molar-refractivity contribution is 0.00179. The summed E-state index contributed by atoms with van der Waals surface area (Å²) in [6, 6.07) is 15.6. The van der Waals surface area contributed by atoms with E-state index in [2.05, 4.69) is 87.2 Å². The van der Waals surface area contributed by atoms with Crippen LogP contribution in [-0.4, -0.2) is 93.1 Å². The molecule has 2 aromatic carbocycles. The van der Waals surface area contributed by atoms with E-state index in [0.29, 0.717) is 45.0 Å². The van der Waals surface area contributed by atoms with Crippen molar-refractivity contribution in [3.8, 4) is 5.75 Å². The summed E-state index contributed by atoms with van der Waals surface area (Å²) in [5, 5.41) is 18.4. The van der Waals surface area contributed by atoms with Crippen LogP contribution in [-0.2, 0) is 32.2 Å². The van der Waals surface area contributed by atoms with Crippen molar-refractivity contribution < 1.29 is 23.7 Å². The fourth-order valence-electron chi connectivity index (χ4n) is 6.40. The van der Waals surface area contributed by atoms with E-state index in [1.54, 1.807) is 14.2 Å². The molecule has 5 atom stereocenters. The third-order valence-corrected chi connectivity index (χ3v) is 8.82. The smallest absolute Gasteiger partial charge is 0.151 e. The van der Waals surface area contributed by atoms with E-state index in [1.807, 2.05) is 0 Å². The highest BCUT2D eigenvalue weighted by Gasteiger charge is 2.33. The van der Waals surface area contributed by atoms with Gasteiger partial charge in [-0.25, -0.2) is 5.10 Å². The number of benzene rings is 2. The van der Waals surface area contributed by atoms with Gasteiger partial charge in [0.15, 0.2) is 5.82 Å². The Morgan fingerprint density at radius 1 is 1.02 bits per heavy atom. The van der Waals surface area contributed by atoms with Crippen LogP contribution < -0.4 is 15.0 Å². The quantitative estimate of drug-likeness (QED) is 0.209. The lowest BCUT2D eigenvalue weighted by atomic mass is 9.81. The molecule has 2 unspecified atom stereocenters. The maximum atomic E-state index is 6.71. The molecule has 0 aliphatic carbocycles. The van der Waals surface area contributed by atoms with Gasteiger partial charge in [-0.15, -0.1) is 5.10 Å². The van der Waals surface area contributed by atoms with Crippen molar-refractivity contribution in [1.82, 2.24) is 25.9 Å². The van der Waals surface area contributed by atoms with Gasteiger partial charge in [0.05, 0.1) is 44.8 Å². The minimum absolute atomic E-state index is 0.0329. The molecule has 0 amide bonds. The van der Waals surface area contributed by atoms with Gasteiger partial charge in [-0.3, -0.25) is 0 Å². The van der Waals surface area contributed by atoms with Gasteiger partial charge in [0.2, 0.25) is 0 Å². The summed E-state index contributed by atoms with van der Waals surface area (Å²) in [5.74, 6) is 2.61. The normalized spacial score (nSPS) is 21.2. The second-order valence-electron chi connectivity index (χ2n) is 12.5. The largest absolute Gasteiger partial charge is 0.490 e. The van der Waals surface area contributed by atoms with Gasteiger partial charge < -0.3 is 33.9 Å². The van der Waals surface area contributed by atoms with Gasteiger partial charge in [0, 0.05) is 57.7 Å². The standard InChI is InChI=1S/C34H50N6O5/c1-24(20-42-4)21-43-22-26-6-9-28(10-7-26)30-18-29(16-25(2)34-36-38-39-37-34)35-19-33(30)45-23-27-8-11-32-31(17-27)40(13-15-44-32)12-5-14-41-3/h6-11,17,24-25,29-30,33,35H,5,12-16,18-23H2,1-4H3,(H,36,37,38,39)/t24?,25?,29-,30+,33-/m0/s1. The summed E-state index contributed by atoms with van der Waals surface area (Å²) in [4.78, 5) is 2.39. The first-order valence-corrected chi connectivity index (χ1v) is 16.3. The van der Waals surface area contributed by atoms with Crippen molar-refractivity contribution in [3.63, 3.8) is 0 Å². The minimum Gasteiger partial charge on any atom is -0.490 e. The number of rotatable bonds is 17. The minimum atomic E-state index is 0.0329. The van der Waals surface area contributed by atoms with Gasteiger partial charge in [-0.1, -0.05) is 44.2 Å². The van der Waals surface area contributed by atoms with E-state index in [4.69, 9.17) is 23.7 Å². The van der Waals surface area contributed by atoms with Crippen LogP contribution >= 0.6 is 0 Å². The predicted octanol–water partition coefficient (Wildman–Crippen LogP) is 4.46. The Morgan fingerprint density at radius 3 is 2.64 bits per heavy atom. The van der Waals surface area contributed by atoms with Crippen molar-refractivity contribution >= 4 is 5.69 Å². The van der Waals surface area contributed by atoms with Gasteiger partial charge in [0.1, 0.15) is 12.4 Å². The Labute approximate surface area is 267 Å². The molecule has 0 spiro atoms. The van der Waals surface area contributed by atoms with Crippen molar-refractivity contribution in [2.75, 3.05) is 65.2 Å². The summed E-state index contributed by atoms with van der Waals surface area (Å²) >= 11 is 0. The van der Waals surface area contributed by atoms with Crippen molar-refractivity contribution in [3.05, 3.63) is 65.0 Å². The SMILES string of the molecule is COCCCN1CCOc2ccc(CO[C@H]3CN[C@@H](CC(C)c4nnn[nH]4)C[C@@H]3c3ccc(COCC(C)COC)cc3)cc21. The number of H-pyrrole nitrogens is 1. The number of fused-ring (bicyclic) bond motifs is 1. The summed E-state index contributed by atoms with van der Waals surface area (Å²) in [5.41, 5.74) is 4.75. The monoisotopic (exact) mass is 622 g/mol. The van der Waals surface area contributed by atoms with E-state index in [9.17, 15) is 0 Å². The topological polar surface area (TPSA) is 116 Å². The molecule has 0 saturated carbocycles. The van der Waals surface area contributed by atoms with E-state index < -0.39 is 0 Å². The van der Waals surface area contributed by atoms with Gasteiger partial charge in [0.25, 0.3) is 0 Å². The van der Waals surface area contributed by atoms with Gasteiger partial charge in [-0.05, 0) is 58.5 Å². The number of methoxy groups -OCH3 is 2. The average molecular weight is 623 g/mol. The lowest BCUT2D eigenvalue weighted by Gasteiger charge is -2.38. The first kappa shape index (κ1) is 33.3. The molecule has 11 heteroatoms. The van der Waals surface area contributed by atoms with Crippen LogP contribution in [0.2, 0.25) is 0 Å². The number of tetrazole rings is 1. The highest BCUT2D eigenvalue weighted by Crippen LogP contribution is 2.36. The van der Waals surface area contributed by atoms with Gasteiger partial charge in [-0.2, -0.15) is 0 Å².